The lowest BCUT2D eigenvalue weighted by atomic mass is 10.2. The smallest absolute Gasteiger partial charge is 0.236 e. The van der Waals surface area contributed by atoms with Gasteiger partial charge in [-0.1, -0.05) is 11.8 Å². The van der Waals surface area contributed by atoms with E-state index in [1.165, 1.54) is 44.3 Å². The molecule has 1 aromatic carbocycles. The second kappa shape index (κ2) is 6.38. The van der Waals surface area contributed by atoms with Gasteiger partial charge in [0, 0.05) is 11.6 Å². The summed E-state index contributed by atoms with van der Waals surface area (Å²) in [6.45, 7) is 0. The summed E-state index contributed by atoms with van der Waals surface area (Å²) < 4.78 is 23.8. The molecule has 0 atom stereocenters. The maximum Gasteiger partial charge on any atom is 0.236 e. The number of nitrogens with zero attached hydrogens (tertiary/aromatic N) is 2. The van der Waals surface area contributed by atoms with E-state index in [2.05, 4.69) is 15.5 Å². The van der Waals surface area contributed by atoms with Gasteiger partial charge < -0.3 is 14.8 Å². The van der Waals surface area contributed by atoms with E-state index in [1.54, 1.807) is 0 Å². The molecule has 0 saturated carbocycles. The van der Waals surface area contributed by atoms with Crippen molar-refractivity contribution in [2.24, 2.45) is 10.2 Å². The molecule has 0 aliphatic carbocycles. The zero-order valence-electron chi connectivity index (χ0n) is 10.8. The van der Waals surface area contributed by atoms with Crippen LogP contribution in [0.2, 0.25) is 0 Å². The highest BCUT2D eigenvalue weighted by Crippen LogP contribution is 2.29. The van der Waals surface area contributed by atoms with Crippen LogP contribution in [-0.2, 0) is 4.79 Å². The van der Waals surface area contributed by atoms with Crippen molar-refractivity contribution in [1.82, 2.24) is 5.32 Å². The van der Waals surface area contributed by atoms with E-state index >= 15 is 0 Å². The van der Waals surface area contributed by atoms with Crippen molar-refractivity contribution < 1.29 is 18.7 Å². The summed E-state index contributed by atoms with van der Waals surface area (Å²) in [5.41, 5.74) is 0.210. The third-order valence-electron chi connectivity index (χ3n) is 2.43. The number of benzene rings is 1. The number of hydrogen-bond acceptors (Lipinski definition) is 6. The van der Waals surface area contributed by atoms with Crippen LogP contribution in [0.15, 0.2) is 22.3 Å². The van der Waals surface area contributed by atoms with Crippen LogP contribution >= 0.6 is 11.8 Å². The van der Waals surface area contributed by atoms with Gasteiger partial charge in [0.1, 0.15) is 5.82 Å². The molecule has 1 amide bonds. The number of rotatable bonds is 4. The van der Waals surface area contributed by atoms with Crippen molar-refractivity contribution in [3.8, 4) is 11.5 Å². The Morgan fingerprint density at radius 2 is 2.05 bits per heavy atom. The predicted molar refractivity (Wildman–Crippen MR) is 75.1 cm³/mol. The largest absolute Gasteiger partial charge is 0.493 e. The molecule has 1 aliphatic heterocycles. The SMILES string of the molecule is COc1cc(F)c(C=NN=C2NC(=O)CS2)cc1OC. The van der Waals surface area contributed by atoms with Crippen LogP contribution in [0.5, 0.6) is 11.5 Å². The molecule has 1 saturated heterocycles. The minimum absolute atomic E-state index is 0.124. The summed E-state index contributed by atoms with van der Waals surface area (Å²) in [4.78, 5) is 10.9. The first-order valence-corrected chi connectivity index (χ1v) is 6.57. The molecule has 0 aromatic heterocycles. The number of ether oxygens (including phenoxy) is 2. The Bertz CT molecular complexity index is 590. The van der Waals surface area contributed by atoms with Gasteiger partial charge in [0.05, 0.1) is 26.2 Å². The average Bonchev–Trinajstić information content (AvgIpc) is 2.85. The van der Waals surface area contributed by atoms with Gasteiger partial charge in [-0.05, 0) is 6.07 Å². The van der Waals surface area contributed by atoms with E-state index in [0.717, 1.165) is 0 Å². The molecule has 106 valence electrons. The van der Waals surface area contributed by atoms with Crippen LogP contribution in [0.25, 0.3) is 0 Å². The zero-order valence-corrected chi connectivity index (χ0v) is 11.7. The van der Waals surface area contributed by atoms with Crippen LogP contribution in [0.3, 0.4) is 0 Å². The summed E-state index contributed by atoms with van der Waals surface area (Å²) in [7, 11) is 2.89. The quantitative estimate of drug-likeness (QED) is 0.673. The molecule has 1 fully saturated rings. The lowest BCUT2D eigenvalue weighted by molar-refractivity contribution is -0.116. The van der Waals surface area contributed by atoms with Gasteiger partial charge in [-0.25, -0.2) is 4.39 Å². The van der Waals surface area contributed by atoms with Gasteiger partial charge in [0.25, 0.3) is 0 Å². The molecule has 6 nitrogen and oxygen atoms in total. The molecule has 0 unspecified atom stereocenters. The first kappa shape index (κ1) is 14.3. The van der Waals surface area contributed by atoms with Crippen molar-refractivity contribution in [2.45, 2.75) is 0 Å². The van der Waals surface area contributed by atoms with Crippen LogP contribution < -0.4 is 14.8 Å². The number of thioether (sulfide) groups is 1. The maximum atomic E-state index is 13.8. The van der Waals surface area contributed by atoms with Crippen molar-refractivity contribution in [3.05, 3.63) is 23.5 Å². The van der Waals surface area contributed by atoms with E-state index in [0.29, 0.717) is 22.4 Å². The maximum absolute atomic E-state index is 13.8. The molecule has 8 heteroatoms. The summed E-state index contributed by atoms with van der Waals surface area (Å²) in [6.07, 6.45) is 1.25. The third-order valence-corrected chi connectivity index (χ3v) is 3.30. The Morgan fingerprint density at radius 1 is 1.35 bits per heavy atom. The fourth-order valence-corrected chi connectivity index (χ4v) is 2.12. The van der Waals surface area contributed by atoms with Crippen LogP contribution in [0.4, 0.5) is 4.39 Å². The summed E-state index contributed by atoms with van der Waals surface area (Å²) >= 11 is 1.24. The Hall–Kier alpha value is -2.09. The third kappa shape index (κ3) is 3.27. The van der Waals surface area contributed by atoms with Gasteiger partial charge in [-0.15, -0.1) is 5.10 Å². The van der Waals surface area contributed by atoms with Gasteiger partial charge >= 0.3 is 0 Å². The highest BCUT2D eigenvalue weighted by Gasteiger charge is 2.16. The molecular weight excluding hydrogens is 285 g/mol. The number of amidine groups is 1. The number of amides is 1. The normalized spacial score (nSPS) is 16.8. The fourth-order valence-electron chi connectivity index (χ4n) is 1.49. The van der Waals surface area contributed by atoms with Crippen LogP contribution in [0, 0.1) is 5.82 Å². The van der Waals surface area contributed by atoms with Gasteiger partial charge in [-0.2, -0.15) is 5.10 Å². The van der Waals surface area contributed by atoms with Gasteiger partial charge in [0.15, 0.2) is 16.7 Å². The first-order chi connectivity index (χ1) is 9.63. The molecule has 0 bridgehead atoms. The Morgan fingerprint density at radius 3 is 2.65 bits per heavy atom. The standard InChI is InChI=1S/C12H12FN3O3S/c1-18-9-3-7(8(13)4-10(9)19-2)5-14-16-12-15-11(17)6-20-12/h3-5H,6H2,1-2H3,(H,15,16,17). The number of nitrogens with one attached hydrogen (secondary N) is 1. The molecule has 1 aliphatic rings. The molecule has 0 spiro atoms. The summed E-state index contributed by atoms with van der Waals surface area (Å²) in [6, 6.07) is 2.66. The summed E-state index contributed by atoms with van der Waals surface area (Å²) in [5, 5.41) is 10.4. The number of halogens is 1. The molecule has 1 aromatic rings. The lowest BCUT2D eigenvalue weighted by Gasteiger charge is -2.08. The zero-order chi connectivity index (χ0) is 14.5. The van der Waals surface area contributed by atoms with Crippen LogP contribution in [-0.4, -0.2) is 37.3 Å². The van der Waals surface area contributed by atoms with Crippen molar-refractivity contribution in [1.29, 1.82) is 0 Å². The van der Waals surface area contributed by atoms with Crippen molar-refractivity contribution in [2.75, 3.05) is 20.0 Å². The van der Waals surface area contributed by atoms with Crippen LogP contribution in [0.1, 0.15) is 5.56 Å². The highest BCUT2D eigenvalue weighted by molar-refractivity contribution is 8.15. The van der Waals surface area contributed by atoms with E-state index in [1.807, 2.05) is 0 Å². The second-order valence-electron chi connectivity index (χ2n) is 3.72. The first-order valence-electron chi connectivity index (χ1n) is 5.59. The Labute approximate surface area is 119 Å². The summed E-state index contributed by atoms with van der Waals surface area (Å²) in [5.74, 6) is 0.383. The minimum atomic E-state index is -0.505. The Kier molecular flexibility index (Phi) is 4.57. The van der Waals surface area contributed by atoms with Gasteiger partial charge in [-0.3, -0.25) is 4.79 Å². The van der Waals surface area contributed by atoms with E-state index in [9.17, 15) is 9.18 Å². The second-order valence-corrected chi connectivity index (χ2v) is 4.68. The molecule has 1 heterocycles. The minimum Gasteiger partial charge on any atom is -0.493 e. The number of carbonyl (C=O) groups excluding carboxylic acids is 1. The van der Waals surface area contributed by atoms with Crippen molar-refractivity contribution in [3.63, 3.8) is 0 Å². The number of methoxy groups -OCH3 is 2. The fraction of sp³-hybridized carbons (Fsp3) is 0.250. The Balaban J connectivity index is 2.18. The highest BCUT2D eigenvalue weighted by atomic mass is 32.2. The van der Waals surface area contributed by atoms with E-state index in [-0.39, 0.29) is 11.5 Å². The van der Waals surface area contributed by atoms with Crippen molar-refractivity contribution >= 4 is 29.1 Å². The molecule has 0 radical (unpaired) electrons. The molecular formula is C12H12FN3O3S. The molecule has 20 heavy (non-hydrogen) atoms. The molecule has 2 rings (SSSR count). The van der Waals surface area contributed by atoms with Gasteiger partial charge in [0.2, 0.25) is 5.91 Å². The number of carbonyl (C=O) groups is 1. The lowest BCUT2D eigenvalue weighted by Crippen LogP contribution is -2.19. The monoisotopic (exact) mass is 297 g/mol. The topological polar surface area (TPSA) is 72.3 Å². The number of hydrogen-bond donors (Lipinski definition) is 1. The van der Waals surface area contributed by atoms with E-state index < -0.39 is 5.82 Å². The average molecular weight is 297 g/mol. The molecule has 1 N–H and O–H groups in total. The van der Waals surface area contributed by atoms with E-state index in [4.69, 9.17) is 9.47 Å². The predicted octanol–water partition coefficient (Wildman–Crippen LogP) is 1.40.